The van der Waals surface area contributed by atoms with Crippen molar-refractivity contribution >= 4 is 29.1 Å². The number of hydrogen-bond acceptors (Lipinski definition) is 4. The van der Waals surface area contributed by atoms with Crippen LogP contribution in [0.4, 0.5) is 5.69 Å². The number of benzene rings is 3. The topological polar surface area (TPSA) is 87.7 Å². The number of carbonyl (C=O) groups excluding carboxylic acids is 2. The van der Waals surface area contributed by atoms with E-state index in [1.165, 1.54) is 13.2 Å². The fourth-order valence-corrected chi connectivity index (χ4v) is 3.28. The molecule has 0 aliphatic heterocycles. The van der Waals surface area contributed by atoms with Crippen molar-refractivity contribution in [1.82, 2.24) is 5.32 Å². The normalized spacial score (nSPS) is 12.5. The smallest absolute Gasteiger partial charge is 0.313 e. The Morgan fingerprint density at radius 1 is 0.968 bits per heavy atom. The van der Waals surface area contributed by atoms with Crippen molar-refractivity contribution in [2.75, 3.05) is 19.0 Å². The highest BCUT2D eigenvalue weighted by atomic mass is 35.5. The summed E-state index contributed by atoms with van der Waals surface area (Å²) in [6, 6.07) is 21.9. The van der Waals surface area contributed by atoms with E-state index in [0.29, 0.717) is 22.0 Å². The van der Waals surface area contributed by atoms with Gasteiger partial charge in [-0.3, -0.25) is 9.59 Å². The molecule has 3 rings (SSSR count). The maximum absolute atomic E-state index is 12.2. The van der Waals surface area contributed by atoms with Crippen LogP contribution in [0.3, 0.4) is 0 Å². The van der Waals surface area contributed by atoms with Crippen molar-refractivity contribution in [2.45, 2.75) is 12.5 Å². The number of amides is 2. The van der Waals surface area contributed by atoms with Crippen molar-refractivity contribution in [3.8, 4) is 16.9 Å². The quantitative estimate of drug-likeness (QED) is 0.508. The first-order chi connectivity index (χ1) is 14.8. The Labute approximate surface area is 185 Å². The van der Waals surface area contributed by atoms with Gasteiger partial charge in [-0.2, -0.15) is 0 Å². The molecular formula is C24H23ClN2O4. The van der Waals surface area contributed by atoms with Crippen LogP contribution in [0, 0.1) is 0 Å². The molecular weight excluding hydrogens is 416 g/mol. The number of halogens is 1. The molecule has 0 aliphatic carbocycles. The second-order valence-corrected chi connectivity index (χ2v) is 7.61. The average molecular weight is 439 g/mol. The van der Waals surface area contributed by atoms with Gasteiger partial charge in [-0.1, -0.05) is 66.2 Å². The summed E-state index contributed by atoms with van der Waals surface area (Å²) in [6.45, 7) is 1.44. The van der Waals surface area contributed by atoms with Crippen molar-refractivity contribution in [1.29, 1.82) is 0 Å². The number of hydrogen-bond donors (Lipinski definition) is 3. The zero-order valence-electron chi connectivity index (χ0n) is 17.2. The predicted molar refractivity (Wildman–Crippen MR) is 121 cm³/mol. The summed E-state index contributed by atoms with van der Waals surface area (Å²) in [6.07, 6.45) is 0. The number of nitrogens with one attached hydrogen (secondary N) is 2. The Balaban J connectivity index is 1.59. The van der Waals surface area contributed by atoms with E-state index >= 15 is 0 Å². The van der Waals surface area contributed by atoms with E-state index in [4.69, 9.17) is 16.3 Å². The number of methoxy groups -OCH3 is 1. The molecule has 0 bridgehead atoms. The largest absolute Gasteiger partial charge is 0.495 e. The molecule has 0 saturated heterocycles. The third-order valence-electron chi connectivity index (χ3n) is 4.82. The van der Waals surface area contributed by atoms with Crippen LogP contribution >= 0.6 is 11.6 Å². The van der Waals surface area contributed by atoms with Gasteiger partial charge in [0.15, 0.2) is 0 Å². The number of aliphatic hydroxyl groups is 1. The molecule has 0 aromatic heterocycles. The Bertz CT molecular complexity index is 1070. The lowest BCUT2D eigenvalue weighted by Crippen LogP contribution is -2.43. The van der Waals surface area contributed by atoms with Gasteiger partial charge in [-0.25, -0.2) is 0 Å². The molecule has 0 aliphatic rings. The lowest BCUT2D eigenvalue weighted by Gasteiger charge is -2.24. The molecule has 3 N–H and O–H groups in total. The Morgan fingerprint density at radius 2 is 1.61 bits per heavy atom. The highest BCUT2D eigenvalue weighted by molar-refractivity contribution is 6.40. The molecule has 31 heavy (non-hydrogen) atoms. The number of ether oxygens (including phenoxy) is 1. The van der Waals surface area contributed by atoms with Gasteiger partial charge >= 0.3 is 11.8 Å². The standard InChI is InChI=1S/C24H23ClN2O4/c1-24(30,18-10-8-17(9-11-18)16-6-4-3-5-7-16)15-26-22(28)23(29)27-19-12-13-21(31-2)20(25)14-19/h3-14,30H,15H2,1-2H3,(H,26,28)(H,27,29). The van der Waals surface area contributed by atoms with Crippen molar-refractivity contribution in [3.05, 3.63) is 83.4 Å². The van der Waals surface area contributed by atoms with Gasteiger partial charge in [0.1, 0.15) is 11.4 Å². The highest BCUT2D eigenvalue weighted by Gasteiger charge is 2.25. The lowest BCUT2D eigenvalue weighted by molar-refractivity contribution is -0.136. The van der Waals surface area contributed by atoms with Gasteiger partial charge in [0.2, 0.25) is 0 Å². The minimum atomic E-state index is -1.35. The van der Waals surface area contributed by atoms with Crippen LogP contribution in [0.1, 0.15) is 12.5 Å². The zero-order valence-corrected chi connectivity index (χ0v) is 17.9. The van der Waals surface area contributed by atoms with Crippen LogP contribution in [0.5, 0.6) is 5.75 Å². The third-order valence-corrected chi connectivity index (χ3v) is 5.12. The molecule has 3 aromatic carbocycles. The molecule has 7 heteroatoms. The van der Waals surface area contributed by atoms with Crippen LogP contribution in [0.2, 0.25) is 5.02 Å². The first-order valence-electron chi connectivity index (χ1n) is 9.61. The summed E-state index contributed by atoms with van der Waals surface area (Å²) in [5.74, 6) is -1.27. The van der Waals surface area contributed by atoms with Crippen LogP contribution < -0.4 is 15.4 Å². The number of rotatable bonds is 6. The van der Waals surface area contributed by atoms with E-state index in [-0.39, 0.29) is 6.54 Å². The molecule has 3 aromatic rings. The van der Waals surface area contributed by atoms with Gasteiger partial charge in [-0.15, -0.1) is 0 Å². The van der Waals surface area contributed by atoms with Crippen molar-refractivity contribution in [2.24, 2.45) is 0 Å². The van der Waals surface area contributed by atoms with Crippen LogP contribution in [-0.2, 0) is 15.2 Å². The fraction of sp³-hybridized carbons (Fsp3) is 0.167. The maximum Gasteiger partial charge on any atom is 0.313 e. The monoisotopic (exact) mass is 438 g/mol. The molecule has 1 unspecified atom stereocenters. The first-order valence-corrected chi connectivity index (χ1v) is 9.99. The molecule has 1 atom stereocenters. The lowest BCUT2D eigenvalue weighted by atomic mass is 9.93. The third kappa shape index (κ3) is 5.63. The molecule has 0 radical (unpaired) electrons. The van der Waals surface area contributed by atoms with Crippen LogP contribution in [0.25, 0.3) is 11.1 Å². The Hall–Kier alpha value is -3.35. The molecule has 0 fully saturated rings. The SMILES string of the molecule is COc1ccc(NC(=O)C(=O)NCC(C)(O)c2ccc(-c3ccccc3)cc2)cc1Cl. The summed E-state index contributed by atoms with van der Waals surface area (Å²) in [5.41, 5.74) is 1.71. The summed E-state index contributed by atoms with van der Waals surface area (Å²) in [5, 5.41) is 16.0. The fourth-order valence-electron chi connectivity index (χ4n) is 3.02. The highest BCUT2D eigenvalue weighted by Crippen LogP contribution is 2.27. The minimum Gasteiger partial charge on any atom is -0.495 e. The molecule has 0 spiro atoms. The van der Waals surface area contributed by atoms with Gasteiger partial charge in [0.25, 0.3) is 0 Å². The van der Waals surface area contributed by atoms with Crippen LogP contribution in [-0.4, -0.2) is 30.6 Å². The van der Waals surface area contributed by atoms with E-state index in [2.05, 4.69) is 10.6 Å². The number of carbonyl (C=O) groups is 2. The average Bonchev–Trinajstić information content (AvgIpc) is 2.78. The minimum absolute atomic E-state index is 0.132. The molecule has 0 saturated carbocycles. The summed E-state index contributed by atoms with van der Waals surface area (Å²) in [7, 11) is 1.48. The summed E-state index contributed by atoms with van der Waals surface area (Å²) >= 11 is 6.02. The summed E-state index contributed by atoms with van der Waals surface area (Å²) < 4.78 is 5.05. The molecule has 0 heterocycles. The maximum atomic E-state index is 12.2. The predicted octanol–water partition coefficient (Wildman–Crippen LogP) is 3.98. The van der Waals surface area contributed by atoms with E-state index in [0.717, 1.165) is 11.1 Å². The Kier molecular flexibility index (Phi) is 6.95. The van der Waals surface area contributed by atoms with E-state index in [1.54, 1.807) is 31.2 Å². The van der Waals surface area contributed by atoms with E-state index in [1.807, 2.05) is 42.5 Å². The van der Waals surface area contributed by atoms with E-state index < -0.39 is 17.4 Å². The Morgan fingerprint density at radius 3 is 2.23 bits per heavy atom. The number of anilines is 1. The second kappa shape index (κ2) is 9.64. The molecule has 160 valence electrons. The second-order valence-electron chi connectivity index (χ2n) is 7.20. The van der Waals surface area contributed by atoms with Crippen LogP contribution in [0.15, 0.2) is 72.8 Å². The van der Waals surface area contributed by atoms with Crippen molar-refractivity contribution in [3.63, 3.8) is 0 Å². The summed E-state index contributed by atoms with van der Waals surface area (Å²) in [4.78, 5) is 24.3. The van der Waals surface area contributed by atoms with Gasteiger partial charge in [0, 0.05) is 5.69 Å². The molecule has 6 nitrogen and oxygen atoms in total. The van der Waals surface area contributed by atoms with Crippen molar-refractivity contribution < 1.29 is 19.4 Å². The molecule has 2 amide bonds. The zero-order chi connectivity index (χ0) is 22.4. The first kappa shape index (κ1) is 22.3. The van der Waals surface area contributed by atoms with Gasteiger partial charge in [-0.05, 0) is 41.8 Å². The van der Waals surface area contributed by atoms with Gasteiger partial charge < -0.3 is 20.5 Å². The van der Waals surface area contributed by atoms with Gasteiger partial charge in [0.05, 0.1) is 18.7 Å². The van der Waals surface area contributed by atoms with E-state index in [9.17, 15) is 14.7 Å².